The zero-order valence-electron chi connectivity index (χ0n) is 16.3. The van der Waals surface area contributed by atoms with Crippen LogP contribution in [-0.4, -0.2) is 55.0 Å². The largest absolute Gasteiger partial charge is 0.492 e. The van der Waals surface area contributed by atoms with Crippen LogP contribution in [0, 0.1) is 5.82 Å². The minimum atomic E-state index is -0.231. The summed E-state index contributed by atoms with van der Waals surface area (Å²) in [5, 5.41) is 2.93. The lowest BCUT2D eigenvalue weighted by molar-refractivity contribution is -0.643. The van der Waals surface area contributed by atoms with E-state index in [1.165, 1.54) is 6.07 Å². The number of halogens is 1. The van der Waals surface area contributed by atoms with Gasteiger partial charge in [0.15, 0.2) is 6.20 Å². The minimum Gasteiger partial charge on any atom is -0.492 e. The van der Waals surface area contributed by atoms with E-state index in [9.17, 15) is 9.18 Å². The summed E-state index contributed by atoms with van der Waals surface area (Å²) in [5.41, 5.74) is 0.993. The van der Waals surface area contributed by atoms with Crippen LogP contribution in [0.25, 0.3) is 21.7 Å². The zero-order valence-corrected chi connectivity index (χ0v) is 16.3. The summed E-state index contributed by atoms with van der Waals surface area (Å²) in [6.45, 7) is 6.38. The first-order valence-electron chi connectivity index (χ1n) is 9.63. The molecule has 0 bridgehead atoms. The van der Waals surface area contributed by atoms with Gasteiger partial charge in [0.05, 0.1) is 10.8 Å². The lowest BCUT2D eigenvalue weighted by Crippen LogP contribution is -2.48. The number of ether oxygens (including phenoxy) is 1. The number of carbonyl (C=O) groups is 1. The molecule has 2 aromatic carbocycles. The van der Waals surface area contributed by atoms with Crippen LogP contribution in [0.1, 0.15) is 6.92 Å². The molecule has 0 spiro atoms. The normalized spacial score (nSPS) is 15.3. The first kappa shape index (κ1) is 18.6. The van der Waals surface area contributed by atoms with E-state index in [0.717, 1.165) is 60.1 Å². The van der Waals surface area contributed by atoms with Gasteiger partial charge in [0.25, 0.3) is 0 Å². The second-order valence-corrected chi connectivity index (χ2v) is 7.35. The molecule has 4 rings (SSSR count). The number of benzene rings is 2. The number of hydrogen-bond acceptors (Lipinski definition) is 3. The van der Waals surface area contributed by atoms with Crippen molar-refractivity contribution in [2.24, 2.45) is 7.05 Å². The van der Waals surface area contributed by atoms with Gasteiger partial charge in [-0.05, 0) is 30.3 Å². The van der Waals surface area contributed by atoms with Crippen LogP contribution >= 0.6 is 0 Å². The number of piperazine rings is 1. The van der Waals surface area contributed by atoms with Gasteiger partial charge in [-0.15, -0.1) is 0 Å². The second kappa shape index (κ2) is 7.72. The van der Waals surface area contributed by atoms with Gasteiger partial charge < -0.3 is 9.64 Å². The number of aryl methyl sites for hydroxylation is 1. The van der Waals surface area contributed by atoms with Crippen molar-refractivity contribution in [2.45, 2.75) is 6.92 Å². The average molecular weight is 382 g/mol. The summed E-state index contributed by atoms with van der Waals surface area (Å²) < 4.78 is 21.7. The van der Waals surface area contributed by atoms with Crippen LogP contribution in [0.5, 0.6) is 5.75 Å². The van der Waals surface area contributed by atoms with Gasteiger partial charge in [-0.2, -0.15) is 0 Å². The predicted octanol–water partition coefficient (Wildman–Crippen LogP) is 2.50. The molecule has 1 saturated heterocycles. The highest BCUT2D eigenvalue weighted by molar-refractivity contribution is 6.04. The Morgan fingerprint density at radius 2 is 1.89 bits per heavy atom. The third kappa shape index (κ3) is 3.78. The van der Waals surface area contributed by atoms with E-state index in [1.807, 2.05) is 40.9 Å². The maximum Gasteiger partial charge on any atom is 0.219 e. The van der Waals surface area contributed by atoms with Crippen molar-refractivity contribution in [3.05, 3.63) is 48.4 Å². The molecule has 2 heterocycles. The molecule has 1 aliphatic heterocycles. The molecule has 0 unspecified atom stereocenters. The van der Waals surface area contributed by atoms with E-state index >= 15 is 0 Å². The maximum absolute atomic E-state index is 13.7. The van der Waals surface area contributed by atoms with E-state index in [0.29, 0.717) is 6.61 Å². The highest BCUT2D eigenvalue weighted by atomic mass is 19.1. The molecule has 1 aromatic heterocycles. The molecule has 146 valence electrons. The monoisotopic (exact) mass is 382 g/mol. The van der Waals surface area contributed by atoms with Crippen molar-refractivity contribution in [2.75, 3.05) is 39.3 Å². The Morgan fingerprint density at radius 3 is 2.64 bits per heavy atom. The van der Waals surface area contributed by atoms with E-state index in [4.69, 9.17) is 4.74 Å². The van der Waals surface area contributed by atoms with Crippen molar-refractivity contribution in [1.29, 1.82) is 0 Å². The first-order valence-corrected chi connectivity index (χ1v) is 9.63. The highest BCUT2D eigenvalue weighted by Crippen LogP contribution is 2.26. The Bertz CT molecular complexity index is 1030. The summed E-state index contributed by atoms with van der Waals surface area (Å²) in [6, 6.07) is 10.8. The second-order valence-electron chi connectivity index (χ2n) is 7.35. The molecule has 0 saturated carbocycles. The van der Waals surface area contributed by atoms with Gasteiger partial charge in [0.2, 0.25) is 11.4 Å². The Labute approximate surface area is 163 Å². The number of nitrogens with zero attached hydrogens (tertiary/aromatic N) is 3. The average Bonchev–Trinajstić information content (AvgIpc) is 2.68. The van der Waals surface area contributed by atoms with E-state index < -0.39 is 0 Å². The van der Waals surface area contributed by atoms with Gasteiger partial charge in [-0.3, -0.25) is 9.69 Å². The smallest absolute Gasteiger partial charge is 0.219 e. The third-order valence-electron chi connectivity index (χ3n) is 5.48. The van der Waals surface area contributed by atoms with Crippen molar-refractivity contribution < 1.29 is 18.5 Å². The van der Waals surface area contributed by atoms with Crippen LogP contribution < -0.4 is 9.30 Å². The third-order valence-corrected chi connectivity index (χ3v) is 5.48. The summed E-state index contributed by atoms with van der Waals surface area (Å²) in [6.07, 6.45) is 2.05. The van der Waals surface area contributed by atoms with Gasteiger partial charge in [0, 0.05) is 51.1 Å². The lowest BCUT2D eigenvalue weighted by atomic mass is 10.1. The molecule has 28 heavy (non-hydrogen) atoms. The summed E-state index contributed by atoms with van der Waals surface area (Å²) in [5.74, 6) is 0.725. The van der Waals surface area contributed by atoms with Crippen LogP contribution in [0.3, 0.4) is 0 Å². The van der Waals surface area contributed by atoms with Crippen molar-refractivity contribution in [1.82, 2.24) is 9.80 Å². The molecule has 1 aliphatic rings. The Morgan fingerprint density at radius 1 is 1.11 bits per heavy atom. The Hall–Kier alpha value is -2.73. The van der Waals surface area contributed by atoms with Crippen LogP contribution in [0.4, 0.5) is 4.39 Å². The number of amides is 1. The molecule has 6 heteroatoms. The molecule has 0 atom stereocenters. The minimum absolute atomic E-state index is 0.146. The molecule has 1 amide bonds. The van der Waals surface area contributed by atoms with Gasteiger partial charge >= 0.3 is 0 Å². The fraction of sp³-hybridized carbons (Fsp3) is 0.364. The van der Waals surface area contributed by atoms with E-state index in [1.54, 1.807) is 19.1 Å². The van der Waals surface area contributed by atoms with Gasteiger partial charge in [0.1, 0.15) is 25.2 Å². The Kier molecular flexibility index (Phi) is 5.13. The number of hydrogen-bond donors (Lipinski definition) is 0. The summed E-state index contributed by atoms with van der Waals surface area (Å²) in [7, 11) is 1.97. The highest BCUT2D eigenvalue weighted by Gasteiger charge is 2.18. The predicted molar refractivity (Wildman–Crippen MR) is 107 cm³/mol. The SMILES string of the molecule is CC(=O)N1CCN(CCOc2ccc3c(c2)c[n+](C)c2ccc(F)cc32)CC1. The molecule has 0 aliphatic carbocycles. The zero-order chi connectivity index (χ0) is 19.7. The quantitative estimate of drug-likeness (QED) is 0.514. The number of pyridine rings is 1. The summed E-state index contributed by atoms with van der Waals surface area (Å²) >= 11 is 0. The first-order chi connectivity index (χ1) is 13.5. The van der Waals surface area contributed by atoms with E-state index in [2.05, 4.69) is 4.90 Å². The molecular formula is C22H25FN3O2+. The fourth-order valence-corrected chi connectivity index (χ4v) is 3.87. The van der Waals surface area contributed by atoms with Gasteiger partial charge in [-0.25, -0.2) is 8.96 Å². The molecule has 0 radical (unpaired) electrons. The lowest BCUT2D eigenvalue weighted by Gasteiger charge is -2.34. The number of rotatable bonds is 4. The van der Waals surface area contributed by atoms with Crippen LogP contribution in [0.2, 0.25) is 0 Å². The molecule has 3 aromatic rings. The van der Waals surface area contributed by atoms with E-state index in [-0.39, 0.29) is 11.7 Å². The maximum atomic E-state index is 13.7. The summed E-state index contributed by atoms with van der Waals surface area (Å²) in [4.78, 5) is 15.6. The van der Waals surface area contributed by atoms with Crippen molar-refractivity contribution >= 4 is 27.6 Å². The van der Waals surface area contributed by atoms with Gasteiger partial charge in [-0.1, -0.05) is 0 Å². The standard InChI is InChI=1S/C22H25FN3O2/c1-16(27)26-9-7-25(8-10-26)11-12-28-19-4-5-20-17(13-19)15-24(2)22-6-3-18(23)14-21(20)22/h3-6,13-15H,7-12H2,1-2H3/q+1. The fourth-order valence-electron chi connectivity index (χ4n) is 3.87. The topological polar surface area (TPSA) is 36.7 Å². The molecule has 0 N–H and O–H groups in total. The molecule has 5 nitrogen and oxygen atoms in total. The number of fused-ring (bicyclic) bond motifs is 3. The van der Waals surface area contributed by atoms with Crippen molar-refractivity contribution in [3.63, 3.8) is 0 Å². The molecule has 1 fully saturated rings. The van der Waals surface area contributed by atoms with Crippen LogP contribution in [-0.2, 0) is 11.8 Å². The van der Waals surface area contributed by atoms with Crippen LogP contribution in [0.15, 0.2) is 42.6 Å². The number of carbonyl (C=O) groups excluding carboxylic acids is 1. The number of aromatic nitrogens is 1. The molecular weight excluding hydrogens is 357 g/mol. The Balaban J connectivity index is 1.44. The van der Waals surface area contributed by atoms with Crippen molar-refractivity contribution in [3.8, 4) is 5.75 Å².